The van der Waals surface area contributed by atoms with Crippen LogP contribution in [-0.4, -0.2) is 48.2 Å². The Balaban J connectivity index is 3.06. The quantitative estimate of drug-likeness (QED) is 0.627. The van der Waals surface area contributed by atoms with Gasteiger partial charge in [-0.2, -0.15) is 0 Å². The summed E-state index contributed by atoms with van der Waals surface area (Å²) in [6.45, 7) is 3.07. The van der Waals surface area contributed by atoms with E-state index in [2.05, 4.69) is 5.32 Å². The molecular formula is C17H20FNO7. The highest BCUT2D eigenvalue weighted by atomic mass is 19.1. The SMILES string of the molecule is CCOC(=O)C[C@@H](C(=O)OCC)[C@@H](NC(=O)c1cccc(F)c1)C(=O)O. The smallest absolute Gasteiger partial charge is 0.327 e. The second kappa shape index (κ2) is 10.1. The molecule has 0 fully saturated rings. The third-order valence-corrected chi connectivity index (χ3v) is 3.32. The van der Waals surface area contributed by atoms with E-state index in [9.17, 15) is 28.7 Å². The van der Waals surface area contributed by atoms with E-state index in [0.29, 0.717) is 0 Å². The Bertz CT molecular complexity index is 677. The van der Waals surface area contributed by atoms with Gasteiger partial charge in [-0.25, -0.2) is 9.18 Å². The Morgan fingerprint density at radius 1 is 1.15 bits per heavy atom. The highest BCUT2D eigenvalue weighted by Gasteiger charge is 2.38. The fourth-order valence-corrected chi connectivity index (χ4v) is 2.17. The zero-order valence-electron chi connectivity index (χ0n) is 14.4. The molecule has 0 unspecified atom stereocenters. The summed E-state index contributed by atoms with van der Waals surface area (Å²) in [5.41, 5.74) is -0.130. The van der Waals surface area contributed by atoms with Crippen LogP contribution in [0.2, 0.25) is 0 Å². The molecule has 26 heavy (non-hydrogen) atoms. The van der Waals surface area contributed by atoms with Gasteiger partial charge in [-0.05, 0) is 32.0 Å². The van der Waals surface area contributed by atoms with Crippen molar-refractivity contribution in [3.8, 4) is 0 Å². The lowest BCUT2D eigenvalue weighted by atomic mass is 9.95. The third-order valence-electron chi connectivity index (χ3n) is 3.32. The molecule has 8 nitrogen and oxygen atoms in total. The summed E-state index contributed by atoms with van der Waals surface area (Å²) in [4.78, 5) is 47.6. The van der Waals surface area contributed by atoms with E-state index in [1.165, 1.54) is 19.1 Å². The number of benzene rings is 1. The van der Waals surface area contributed by atoms with Crippen LogP contribution in [0, 0.1) is 11.7 Å². The van der Waals surface area contributed by atoms with Gasteiger partial charge in [0.2, 0.25) is 0 Å². The number of esters is 2. The van der Waals surface area contributed by atoms with Crippen molar-refractivity contribution < 1.29 is 38.1 Å². The van der Waals surface area contributed by atoms with Crippen molar-refractivity contribution in [2.45, 2.75) is 26.3 Å². The van der Waals surface area contributed by atoms with Gasteiger partial charge >= 0.3 is 17.9 Å². The lowest BCUT2D eigenvalue weighted by molar-refractivity contribution is -0.159. The summed E-state index contributed by atoms with van der Waals surface area (Å²) in [6, 6.07) is 2.84. The van der Waals surface area contributed by atoms with Crippen molar-refractivity contribution >= 4 is 23.8 Å². The van der Waals surface area contributed by atoms with Gasteiger partial charge in [0.05, 0.1) is 25.6 Å². The number of ether oxygens (including phenoxy) is 2. The molecule has 0 saturated carbocycles. The number of carboxylic acid groups (broad SMARTS) is 1. The first-order valence-corrected chi connectivity index (χ1v) is 7.91. The van der Waals surface area contributed by atoms with Crippen molar-refractivity contribution in [2.24, 2.45) is 5.92 Å². The molecule has 2 atom stereocenters. The number of nitrogens with one attached hydrogen (secondary N) is 1. The van der Waals surface area contributed by atoms with Crippen LogP contribution in [0.3, 0.4) is 0 Å². The van der Waals surface area contributed by atoms with Crippen molar-refractivity contribution in [2.75, 3.05) is 13.2 Å². The van der Waals surface area contributed by atoms with E-state index in [1.807, 2.05) is 0 Å². The zero-order valence-corrected chi connectivity index (χ0v) is 14.4. The van der Waals surface area contributed by atoms with Crippen molar-refractivity contribution in [1.82, 2.24) is 5.32 Å². The fourth-order valence-electron chi connectivity index (χ4n) is 2.17. The predicted octanol–water partition coefficient (Wildman–Crippen LogP) is 1.14. The largest absolute Gasteiger partial charge is 0.480 e. The molecule has 0 saturated heterocycles. The third kappa shape index (κ3) is 6.15. The van der Waals surface area contributed by atoms with Gasteiger partial charge in [-0.1, -0.05) is 6.07 Å². The molecule has 1 amide bonds. The number of carbonyl (C=O) groups is 4. The number of hydrogen-bond donors (Lipinski definition) is 2. The molecule has 2 N–H and O–H groups in total. The number of carboxylic acids is 1. The maximum atomic E-state index is 13.2. The Hall–Kier alpha value is -2.97. The Labute approximate surface area is 149 Å². The number of hydrogen-bond acceptors (Lipinski definition) is 6. The van der Waals surface area contributed by atoms with Crippen LogP contribution in [-0.2, 0) is 23.9 Å². The predicted molar refractivity (Wildman–Crippen MR) is 86.7 cm³/mol. The maximum absolute atomic E-state index is 13.2. The molecule has 9 heteroatoms. The zero-order chi connectivity index (χ0) is 19.7. The van der Waals surface area contributed by atoms with E-state index in [-0.39, 0.29) is 18.8 Å². The molecule has 1 rings (SSSR count). The van der Waals surface area contributed by atoms with Crippen molar-refractivity contribution in [3.63, 3.8) is 0 Å². The highest BCUT2D eigenvalue weighted by Crippen LogP contribution is 2.15. The van der Waals surface area contributed by atoms with Gasteiger partial charge in [-0.15, -0.1) is 0 Å². The fraction of sp³-hybridized carbons (Fsp3) is 0.412. The van der Waals surface area contributed by atoms with Crippen LogP contribution in [0.4, 0.5) is 4.39 Å². The molecule has 1 aromatic carbocycles. The lowest BCUT2D eigenvalue weighted by Gasteiger charge is -2.22. The molecule has 0 aromatic heterocycles. The van der Waals surface area contributed by atoms with Gasteiger partial charge in [0, 0.05) is 5.56 Å². The van der Waals surface area contributed by atoms with E-state index in [1.54, 1.807) is 6.92 Å². The second-order valence-corrected chi connectivity index (χ2v) is 5.17. The first-order chi connectivity index (χ1) is 12.3. The van der Waals surface area contributed by atoms with Crippen molar-refractivity contribution in [1.29, 1.82) is 0 Å². The van der Waals surface area contributed by atoms with Gasteiger partial charge in [0.25, 0.3) is 5.91 Å². The summed E-state index contributed by atoms with van der Waals surface area (Å²) in [7, 11) is 0. The normalized spacial score (nSPS) is 12.6. The summed E-state index contributed by atoms with van der Waals surface area (Å²) >= 11 is 0. The van der Waals surface area contributed by atoms with E-state index >= 15 is 0 Å². The summed E-state index contributed by atoms with van der Waals surface area (Å²) in [5, 5.41) is 11.5. The van der Waals surface area contributed by atoms with Crippen LogP contribution >= 0.6 is 0 Å². The van der Waals surface area contributed by atoms with Crippen LogP contribution in [0.15, 0.2) is 24.3 Å². The number of rotatable bonds is 9. The molecule has 0 aliphatic heterocycles. The first-order valence-electron chi connectivity index (χ1n) is 7.91. The number of aliphatic carboxylic acids is 1. The van der Waals surface area contributed by atoms with Crippen LogP contribution in [0.25, 0.3) is 0 Å². The highest BCUT2D eigenvalue weighted by molar-refractivity contribution is 5.98. The topological polar surface area (TPSA) is 119 Å². The Morgan fingerprint density at radius 2 is 1.81 bits per heavy atom. The van der Waals surface area contributed by atoms with Gasteiger partial charge < -0.3 is 19.9 Å². The lowest BCUT2D eigenvalue weighted by Crippen LogP contribution is -2.49. The minimum atomic E-state index is -1.76. The first kappa shape index (κ1) is 21.1. The number of halogens is 1. The van der Waals surface area contributed by atoms with Crippen LogP contribution in [0.1, 0.15) is 30.6 Å². The van der Waals surface area contributed by atoms with E-state index in [4.69, 9.17) is 9.47 Å². The molecule has 0 heterocycles. The van der Waals surface area contributed by atoms with Gasteiger partial charge in [0.15, 0.2) is 0 Å². The van der Waals surface area contributed by atoms with Crippen LogP contribution < -0.4 is 5.32 Å². The van der Waals surface area contributed by atoms with Gasteiger partial charge in [0.1, 0.15) is 11.9 Å². The second-order valence-electron chi connectivity index (χ2n) is 5.17. The summed E-state index contributed by atoms with van der Waals surface area (Å²) < 4.78 is 22.8. The van der Waals surface area contributed by atoms with E-state index < -0.39 is 48.0 Å². The molecule has 142 valence electrons. The summed E-state index contributed by atoms with van der Waals surface area (Å²) in [6.07, 6.45) is -0.590. The molecule has 0 aliphatic carbocycles. The van der Waals surface area contributed by atoms with Crippen molar-refractivity contribution in [3.05, 3.63) is 35.6 Å². The molecular weight excluding hydrogens is 349 g/mol. The Morgan fingerprint density at radius 3 is 2.35 bits per heavy atom. The number of amides is 1. The molecule has 0 spiro atoms. The molecule has 0 aliphatic rings. The number of carbonyl (C=O) groups excluding carboxylic acids is 3. The molecule has 1 aromatic rings. The molecule has 0 radical (unpaired) electrons. The standard InChI is InChI=1S/C17H20FNO7/c1-3-25-13(20)9-12(17(24)26-4-2)14(16(22)23)19-15(21)10-6-5-7-11(18)8-10/h5-8,12,14H,3-4,9H2,1-2H3,(H,19,21)(H,22,23)/t12-,14-/m1/s1. The molecule has 0 bridgehead atoms. The summed E-state index contributed by atoms with van der Waals surface area (Å²) in [5.74, 6) is -6.40. The van der Waals surface area contributed by atoms with Gasteiger partial charge in [-0.3, -0.25) is 14.4 Å². The average molecular weight is 369 g/mol. The van der Waals surface area contributed by atoms with Crippen LogP contribution in [0.5, 0.6) is 0 Å². The minimum Gasteiger partial charge on any atom is -0.480 e. The Kier molecular flexibility index (Phi) is 8.20. The van der Waals surface area contributed by atoms with E-state index in [0.717, 1.165) is 12.1 Å². The maximum Gasteiger partial charge on any atom is 0.327 e. The monoisotopic (exact) mass is 369 g/mol. The minimum absolute atomic E-state index is 0.0393. The average Bonchev–Trinajstić information content (AvgIpc) is 2.58.